The van der Waals surface area contributed by atoms with E-state index >= 15 is 0 Å². The Morgan fingerprint density at radius 2 is 0.641 bits per heavy atom. The summed E-state index contributed by atoms with van der Waals surface area (Å²) in [5.74, 6) is -0.718. The smallest absolute Gasteiger partial charge is 0.462 e. The first-order valence-electron chi connectivity index (χ1n) is 36.7. The van der Waals surface area contributed by atoms with Crippen molar-refractivity contribution in [2.75, 3.05) is 39.6 Å². The lowest BCUT2D eigenvalue weighted by atomic mass is 10.00. The Labute approximate surface area is 559 Å². The number of rotatable bonds is 68. The van der Waals surface area contributed by atoms with Crippen LogP contribution in [-0.2, 0) is 65.4 Å². The molecule has 0 aromatic heterocycles. The summed E-state index contributed by atoms with van der Waals surface area (Å²) in [6.07, 6.45) is 55.7. The van der Waals surface area contributed by atoms with Crippen LogP contribution in [0.15, 0.2) is 48.6 Å². The van der Waals surface area contributed by atoms with Crippen LogP contribution in [0.1, 0.15) is 324 Å². The van der Waals surface area contributed by atoms with Crippen molar-refractivity contribution in [2.24, 2.45) is 11.8 Å². The van der Waals surface area contributed by atoms with Crippen molar-refractivity contribution >= 4 is 39.5 Å². The number of hydrogen-bond donors (Lipinski definition) is 3. The van der Waals surface area contributed by atoms with Gasteiger partial charge in [0.15, 0.2) is 12.2 Å². The number of allylic oxidation sites excluding steroid dienone is 8. The molecule has 0 aromatic rings. The van der Waals surface area contributed by atoms with E-state index in [0.29, 0.717) is 25.7 Å². The molecular weight excluding hydrogens is 1210 g/mol. The number of phosphoric acid groups is 2. The molecule has 92 heavy (non-hydrogen) atoms. The zero-order valence-corrected chi connectivity index (χ0v) is 60.6. The van der Waals surface area contributed by atoms with Crippen molar-refractivity contribution < 1.29 is 80.2 Å². The van der Waals surface area contributed by atoms with Crippen LogP contribution in [0.2, 0.25) is 0 Å². The van der Waals surface area contributed by atoms with Gasteiger partial charge in [-0.05, 0) is 88.9 Å². The second-order valence-corrected chi connectivity index (χ2v) is 28.6. The van der Waals surface area contributed by atoms with Crippen LogP contribution in [0.5, 0.6) is 0 Å². The summed E-state index contributed by atoms with van der Waals surface area (Å²) in [6.45, 7) is 9.37. The van der Waals surface area contributed by atoms with E-state index in [2.05, 4.69) is 90.2 Å². The van der Waals surface area contributed by atoms with E-state index in [-0.39, 0.29) is 25.7 Å². The molecule has 0 aliphatic carbocycles. The topological polar surface area (TPSA) is 237 Å². The molecule has 0 amide bonds. The van der Waals surface area contributed by atoms with E-state index in [1.54, 1.807) is 0 Å². The maximum Gasteiger partial charge on any atom is 0.472 e. The molecule has 0 radical (unpaired) electrons. The molecule has 0 spiro atoms. The Kier molecular flexibility index (Phi) is 62.0. The van der Waals surface area contributed by atoms with E-state index in [1.807, 2.05) is 0 Å². The van der Waals surface area contributed by atoms with E-state index in [1.165, 1.54) is 109 Å². The minimum absolute atomic E-state index is 0.0814. The SMILES string of the molecule is CCCCCC/C=C\C=C/CCCCCCCC(=O)O[C@H](COC(=O)CCCCCCCCCCCC(C)C)COP(=O)(O)OC[C@@H](O)COP(=O)(O)OC[C@@H](COC(=O)CCCCCCCCC(C)CC)OC(=O)CCCCCCC/C=C\C=C/CCCCCC. The Bertz CT molecular complexity index is 1980. The Morgan fingerprint density at radius 1 is 0.359 bits per heavy atom. The number of carbonyl (C=O) groups excluding carboxylic acids is 4. The lowest BCUT2D eigenvalue weighted by Gasteiger charge is -2.21. The molecule has 17 nitrogen and oxygen atoms in total. The van der Waals surface area contributed by atoms with Gasteiger partial charge in [-0.25, -0.2) is 9.13 Å². The van der Waals surface area contributed by atoms with Crippen LogP contribution >= 0.6 is 15.6 Å². The average Bonchev–Trinajstić information content (AvgIpc) is 3.63. The van der Waals surface area contributed by atoms with Gasteiger partial charge in [0.2, 0.25) is 0 Å². The third-order valence-corrected chi connectivity index (χ3v) is 18.0. The Morgan fingerprint density at radius 3 is 0.967 bits per heavy atom. The fraction of sp³-hybridized carbons (Fsp3) is 0.836. The minimum atomic E-state index is -4.97. The van der Waals surface area contributed by atoms with Gasteiger partial charge in [-0.1, -0.05) is 270 Å². The molecule has 0 rings (SSSR count). The van der Waals surface area contributed by atoms with Gasteiger partial charge in [0.1, 0.15) is 19.3 Å². The molecule has 0 fully saturated rings. The van der Waals surface area contributed by atoms with Gasteiger partial charge in [-0.2, -0.15) is 0 Å². The molecule has 0 heterocycles. The number of unbranched alkanes of at least 4 members (excludes halogenated alkanes) is 31. The van der Waals surface area contributed by atoms with Gasteiger partial charge in [-0.3, -0.25) is 37.3 Å². The zero-order valence-electron chi connectivity index (χ0n) is 58.8. The Hall–Kier alpha value is -2.98. The molecular formula is C73H134O17P2. The van der Waals surface area contributed by atoms with Crippen molar-refractivity contribution in [3.05, 3.63) is 48.6 Å². The van der Waals surface area contributed by atoms with Crippen LogP contribution < -0.4 is 0 Å². The van der Waals surface area contributed by atoms with Crippen molar-refractivity contribution in [1.82, 2.24) is 0 Å². The number of hydrogen-bond acceptors (Lipinski definition) is 15. The van der Waals surface area contributed by atoms with Gasteiger partial charge in [0.25, 0.3) is 0 Å². The predicted octanol–water partition coefficient (Wildman–Crippen LogP) is 20.3. The molecule has 3 unspecified atom stereocenters. The number of ether oxygens (including phenoxy) is 4. The van der Waals surface area contributed by atoms with Crippen LogP contribution in [0, 0.1) is 11.8 Å². The first kappa shape index (κ1) is 89.0. The number of aliphatic hydroxyl groups is 1. The highest BCUT2D eigenvalue weighted by molar-refractivity contribution is 7.47. The van der Waals surface area contributed by atoms with Gasteiger partial charge in [-0.15, -0.1) is 0 Å². The fourth-order valence-corrected chi connectivity index (χ4v) is 11.6. The largest absolute Gasteiger partial charge is 0.472 e. The summed E-state index contributed by atoms with van der Waals surface area (Å²) in [6, 6.07) is 0. The van der Waals surface area contributed by atoms with Crippen LogP contribution in [0.3, 0.4) is 0 Å². The second-order valence-electron chi connectivity index (χ2n) is 25.7. The first-order valence-corrected chi connectivity index (χ1v) is 39.7. The van der Waals surface area contributed by atoms with Gasteiger partial charge in [0, 0.05) is 25.7 Å². The summed E-state index contributed by atoms with van der Waals surface area (Å²) in [7, 11) is -9.93. The van der Waals surface area contributed by atoms with E-state index in [9.17, 15) is 43.2 Å². The molecule has 0 aliphatic rings. The van der Waals surface area contributed by atoms with E-state index < -0.39 is 97.5 Å². The van der Waals surface area contributed by atoms with Crippen LogP contribution in [-0.4, -0.2) is 96.7 Å². The molecule has 0 saturated heterocycles. The maximum atomic E-state index is 13.0. The number of esters is 4. The second kappa shape index (κ2) is 64.0. The van der Waals surface area contributed by atoms with Gasteiger partial charge in [0.05, 0.1) is 26.4 Å². The molecule has 0 saturated carbocycles. The Balaban J connectivity index is 5.33. The minimum Gasteiger partial charge on any atom is -0.462 e. The van der Waals surface area contributed by atoms with Crippen molar-refractivity contribution in [3.63, 3.8) is 0 Å². The molecule has 0 aromatic carbocycles. The van der Waals surface area contributed by atoms with Crippen molar-refractivity contribution in [1.29, 1.82) is 0 Å². The van der Waals surface area contributed by atoms with Crippen molar-refractivity contribution in [3.8, 4) is 0 Å². The summed E-state index contributed by atoms with van der Waals surface area (Å²) >= 11 is 0. The predicted molar refractivity (Wildman–Crippen MR) is 372 cm³/mol. The fourth-order valence-electron chi connectivity index (χ4n) is 10.0. The summed E-state index contributed by atoms with van der Waals surface area (Å²) < 4.78 is 68.3. The van der Waals surface area contributed by atoms with Crippen molar-refractivity contribution in [2.45, 2.75) is 342 Å². The average molecular weight is 1350 g/mol. The highest BCUT2D eigenvalue weighted by Crippen LogP contribution is 2.45. The highest BCUT2D eigenvalue weighted by atomic mass is 31.2. The third-order valence-electron chi connectivity index (χ3n) is 16.1. The molecule has 6 atom stereocenters. The third kappa shape index (κ3) is 64.4. The lowest BCUT2D eigenvalue weighted by Crippen LogP contribution is -2.30. The molecule has 3 N–H and O–H groups in total. The van der Waals surface area contributed by atoms with Crippen LogP contribution in [0.4, 0.5) is 0 Å². The standard InChI is InChI=1S/C73H134O17P2/c1-7-10-12-14-16-18-20-22-24-26-28-32-37-45-51-57-72(77)89-68(61-83-70(75)55-49-43-36-34-30-31-35-41-47-53-65(4)5)63-87-91(79,80)85-59-67(74)60-86-92(81,82)88-64-69(62-84-71(76)56-50-44-40-39-42-48-54-66(6)9-3)90-73(78)58-52-46-38-33-29-27-25-23-21-19-17-15-13-11-8-2/h18-25,65-69,74H,7-17,26-64H2,1-6H3,(H,79,80)(H,81,82)/b20-18-,21-19-,24-22-,25-23-/t66?,67-,68-,69-/m1/s1. The number of aliphatic hydroxyl groups excluding tert-OH is 1. The van der Waals surface area contributed by atoms with Gasteiger partial charge >= 0.3 is 39.5 Å². The normalized spacial score (nSPS) is 14.7. The monoisotopic (exact) mass is 1340 g/mol. The van der Waals surface area contributed by atoms with Crippen LogP contribution in [0.25, 0.3) is 0 Å². The summed E-state index contributed by atoms with van der Waals surface area (Å²) in [5.41, 5.74) is 0. The number of carbonyl (C=O) groups is 4. The zero-order chi connectivity index (χ0) is 67.9. The molecule has 0 aliphatic heterocycles. The maximum absolute atomic E-state index is 13.0. The quantitative estimate of drug-likeness (QED) is 0.0169. The molecule has 538 valence electrons. The molecule has 19 heteroatoms. The highest BCUT2D eigenvalue weighted by Gasteiger charge is 2.30. The van der Waals surface area contributed by atoms with Gasteiger partial charge < -0.3 is 33.8 Å². The van der Waals surface area contributed by atoms with E-state index in [0.717, 1.165) is 134 Å². The first-order chi connectivity index (χ1) is 44.4. The van der Waals surface area contributed by atoms with E-state index in [4.69, 9.17) is 37.0 Å². The molecule has 0 bridgehead atoms. The summed E-state index contributed by atoms with van der Waals surface area (Å²) in [4.78, 5) is 72.6. The lowest BCUT2D eigenvalue weighted by molar-refractivity contribution is -0.161. The number of phosphoric ester groups is 2. The summed E-state index contributed by atoms with van der Waals surface area (Å²) in [5, 5.41) is 10.6.